The number of benzene rings is 1. The molecule has 2 aliphatic rings. The van der Waals surface area contributed by atoms with Gasteiger partial charge < -0.3 is 9.80 Å². The number of anilines is 2. The molecule has 0 bridgehead atoms. The number of amides is 1. The maximum Gasteiger partial charge on any atom is 0.254 e. The van der Waals surface area contributed by atoms with Crippen LogP contribution in [0.25, 0.3) is 28.2 Å². The van der Waals surface area contributed by atoms with Crippen molar-refractivity contribution in [3.05, 3.63) is 49.1 Å². The van der Waals surface area contributed by atoms with Gasteiger partial charge in [0.25, 0.3) is 5.95 Å². The van der Waals surface area contributed by atoms with Crippen LogP contribution in [-0.2, 0) is 4.79 Å². The van der Waals surface area contributed by atoms with Gasteiger partial charge in [0, 0.05) is 30.2 Å². The van der Waals surface area contributed by atoms with E-state index in [4.69, 9.17) is 4.98 Å². The van der Waals surface area contributed by atoms with Crippen LogP contribution in [0, 0.1) is 0 Å². The molecular formula is C24H24N8O. The number of pyridine rings is 1. The zero-order valence-electron chi connectivity index (χ0n) is 18.6. The van der Waals surface area contributed by atoms with E-state index in [1.165, 1.54) is 12.7 Å². The van der Waals surface area contributed by atoms with Gasteiger partial charge >= 0.3 is 0 Å². The first-order valence-corrected chi connectivity index (χ1v) is 11.3. The minimum atomic E-state index is -0.213. The molecule has 1 fully saturated rings. The largest absolute Gasteiger partial charge is 0.340 e. The molecule has 1 unspecified atom stereocenters. The summed E-state index contributed by atoms with van der Waals surface area (Å²) in [6, 6.07) is 9.99. The van der Waals surface area contributed by atoms with Crippen molar-refractivity contribution in [3.8, 4) is 17.3 Å². The second-order valence-corrected chi connectivity index (χ2v) is 8.56. The number of hydrogen-bond donors (Lipinski definition) is 0. The van der Waals surface area contributed by atoms with Crippen LogP contribution in [0.4, 0.5) is 11.5 Å². The number of fused-ring (bicyclic) bond motifs is 2. The van der Waals surface area contributed by atoms with Gasteiger partial charge in [-0.25, -0.2) is 9.97 Å². The summed E-state index contributed by atoms with van der Waals surface area (Å²) < 4.78 is 1.67. The number of rotatable bonds is 4. The molecular weight excluding hydrogens is 416 g/mol. The van der Waals surface area contributed by atoms with Gasteiger partial charge in [0.2, 0.25) is 5.91 Å². The maximum absolute atomic E-state index is 13.0. The normalized spacial score (nSPS) is 18.5. The van der Waals surface area contributed by atoms with Crippen molar-refractivity contribution in [1.82, 2.24) is 29.7 Å². The fraction of sp³-hybridized carbons (Fsp3) is 0.333. The standard InChI is InChI=1S/C24H24N8O/c1-3-19-23(33)30(2)20-13-26-24(29-22(20)31(19)15-7-4-8-15)32-21(27-14-28-32)17-9-5-11-18-16(17)10-6-12-25-18/h5-6,9-15,19H,3-4,7-8H2,1-2H3. The molecule has 1 aliphatic carbocycles. The Morgan fingerprint density at radius 1 is 1.09 bits per heavy atom. The molecule has 9 nitrogen and oxygen atoms in total. The Hall–Kier alpha value is -3.88. The molecule has 1 aromatic carbocycles. The summed E-state index contributed by atoms with van der Waals surface area (Å²) in [6.07, 6.45) is 9.08. The van der Waals surface area contributed by atoms with Gasteiger partial charge in [0.05, 0.1) is 11.7 Å². The van der Waals surface area contributed by atoms with E-state index >= 15 is 0 Å². The average Bonchev–Trinajstić information content (AvgIpc) is 3.30. The first kappa shape index (κ1) is 19.8. The van der Waals surface area contributed by atoms with Gasteiger partial charge in [-0.15, -0.1) is 0 Å². The molecule has 1 saturated carbocycles. The quantitative estimate of drug-likeness (QED) is 0.480. The van der Waals surface area contributed by atoms with Crippen molar-refractivity contribution < 1.29 is 4.79 Å². The van der Waals surface area contributed by atoms with Crippen molar-refractivity contribution in [2.75, 3.05) is 16.8 Å². The molecule has 0 N–H and O–H groups in total. The minimum Gasteiger partial charge on any atom is -0.340 e. The van der Waals surface area contributed by atoms with Crippen LogP contribution >= 0.6 is 0 Å². The van der Waals surface area contributed by atoms with E-state index in [1.807, 2.05) is 30.3 Å². The van der Waals surface area contributed by atoms with Crippen molar-refractivity contribution >= 4 is 28.3 Å². The summed E-state index contributed by atoms with van der Waals surface area (Å²) in [4.78, 5) is 35.5. The lowest BCUT2D eigenvalue weighted by molar-refractivity contribution is -0.120. The molecule has 0 spiro atoms. The highest BCUT2D eigenvalue weighted by atomic mass is 16.2. The third-order valence-corrected chi connectivity index (χ3v) is 6.77. The van der Waals surface area contributed by atoms with Gasteiger partial charge in [0.15, 0.2) is 11.6 Å². The SMILES string of the molecule is CCC1C(=O)N(C)c2cnc(-n3ncnc3-c3cccc4ncccc34)nc2N1C1CCC1. The molecule has 6 rings (SSSR count). The predicted molar refractivity (Wildman–Crippen MR) is 125 cm³/mol. The smallest absolute Gasteiger partial charge is 0.254 e. The number of likely N-dealkylation sites (N-methyl/N-ethyl adjacent to an activating group) is 1. The van der Waals surface area contributed by atoms with E-state index in [2.05, 4.69) is 31.9 Å². The van der Waals surface area contributed by atoms with Crippen LogP contribution in [0.2, 0.25) is 0 Å². The Morgan fingerprint density at radius 2 is 1.97 bits per heavy atom. The highest BCUT2D eigenvalue weighted by Crippen LogP contribution is 2.40. The Bertz CT molecular complexity index is 1360. The topological polar surface area (TPSA) is 92.9 Å². The zero-order chi connectivity index (χ0) is 22.5. The van der Waals surface area contributed by atoms with Crippen LogP contribution in [-0.4, -0.2) is 54.8 Å². The van der Waals surface area contributed by atoms with Crippen molar-refractivity contribution in [3.63, 3.8) is 0 Å². The number of aromatic nitrogens is 6. The molecule has 0 radical (unpaired) electrons. The van der Waals surface area contributed by atoms with Gasteiger partial charge in [-0.1, -0.05) is 25.1 Å². The summed E-state index contributed by atoms with van der Waals surface area (Å²) in [6.45, 7) is 2.05. The van der Waals surface area contributed by atoms with Crippen molar-refractivity contribution in [1.29, 1.82) is 0 Å². The van der Waals surface area contributed by atoms with Gasteiger partial charge in [-0.2, -0.15) is 14.8 Å². The highest BCUT2D eigenvalue weighted by Gasteiger charge is 2.42. The highest BCUT2D eigenvalue weighted by molar-refractivity contribution is 6.04. The molecule has 1 amide bonds. The molecule has 4 heterocycles. The molecule has 9 heteroatoms. The van der Waals surface area contributed by atoms with Crippen molar-refractivity contribution in [2.45, 2.75) is 44.7 Å². The fourth-order valence-electron chi connectivity index (χ4n) is 4.83. The summed E-state index contributed by atoms with van der Waals surface area (Å²) in [7, 11) is 1.80. The molecule has 4 aromatic rings. The molecule has 33 heavy (non-hydrogen) atoms. The van der Waals surface area contributed by atoms with E-state index in [-0.39, 0.29) is 11.9 Å². The summed E-state index contributed by atoms with van der Waals surface area (Å²) in [5, 5.41) is 5.44. The number of hydrogen-bond acceptors (Lipinski definition) is 7. The summed E-state index contributed by atoms with van der Waals surface area (Å²) >= 11 is 0. The lowest BCUT2D eigenvalue weighted by atomic mass is 9.88. The Balaban J connectivity index is 1.50. The van der Waals surface area contributed by atoms with Gasteiger partial charge in [-0.05, 0) is 37.8 Å². The van der Waals surface area contributed by atoms with E-state index in [0.717, 1.165) is 47.2 Å². The lowest BCUT2D eigenvalue weighted by Crippen LogP contribution is -2.57. The predicted octanol–water partition coefficient (Wildman–Crippen LogP) is 3.39. The van der Waals surface area contributed by atoms with E-state index in [1.54, 1.807) is 29.0 Å². The maximum atomic E-state index is 13.0. The minimum absolute atomic E-state index is 0.0953. The molecule has 1 aliphatic heterocycles. The average molecular weight is 441 g/mol. The van der Waals surface area contributed by atoms with Crippen LogP contribution in [0.1, 0.15) is 32.6 Å². The van der Waals surface area contributed by atoms with Gasteiger partial charge in [0.1, 0.15) is 18.1 Å². The number of carbonyl (C=O) groups excluding carboxylic acids is 1. The lowest BCUT2D eigenvalue weighted by Gasteiger charge is -2.47. The number of carbonyl (C=O) groups is 1. The molecule has 3 aromatic heterocycles. The second-order valence-electron chi connectivity index (χ2n) is 8.56. The van der Waals surface area contributed by atoms with Crippen molar-refractivity contribution in [2.24, 2.45) is 0 Å². The third kappa shape index (κ3) is 2.99. The van der Waals surface area contributed by atoms with E-state index in [9.17, 15) is 4.79 Å². The molecule has 0 saturated heterocycles. The van der Waals surface area contributed by atoms with Crippen LogP contribution in [0.5, 0.6) is 0 Å². The monoisotopic (exact) mass is 440 g/mol. The molecule has 166 valence electrons. The Morgan fingerprint density at radius 3 is 2.76 bits per heavy atom. The third-order valence-electron chi connectivity index (χ3n) is 6.77. The first-order chi connectivity index (χ1) is 16.2. The Kier molecular flexibility index (Phi) is 4.56. The zero-order valence-corrected chi connectivity index (χ0v) is 18.6. The van der Waals surface area contributed by atoms with E-state index < -0.39 is 0 Å². The van der Waals surface area contributed by atoms with Crippen LogP contribution < -0.4 is 9.80 Å². The van der Waals surface area contributed by atoms with Crippen LogP contribution in [0.3, 0.4) is 0 Å². The first-order valence-electron chi connectivity index (χ1n) is 11.3. The van der Waals surface area contributed by atoms with Crippen LogP contribution in [0.15, 0.2) is 49.1 Å². The summed E-state index contributed by atoms with van der Waals surface area (Å²) in [5.41, 5.74) is 2.53. The molecule has 1 atom stereocenters. The number of nitrogens with zero attached hydrogens (tertiary/aromatic N) is 8. The van der Waals surface area contributed by atoms with Gasteiger partial charge in [-0.3, -0.25) is 9.78 Å². The fourth-order valence-corrected chi connectivity index (χ4v) is 4.83. The Labute approximate surface area is 191 Å². The summed E-state index contributed by atoms with van der Waals surface area (Å²) in [5.74, 6) is 1.97. The second kappa shape index (κ2) is 7.61. The van der Waals surface area contributed by atoms with E-state index in [0.29, 0.717) is 17.8 Å².